The molecule has 4 atom stereocenters. The van der Waals surface area contributed by atoms with Gasteiger partial charge in [-0.25, -0.2) is 0 Å². The predicted octanol–water partition coefficient (Wildman–Crippen LogP) is 1.50. The van der Waals surface area contributed by atoms with Crippen molar-refractivity contribution < 1.29 is 4.90 Å². The number of likely N-dealkylation sites (N-methyl/N-ethyl adjacent to an activating group) is 1. The molecule has 2 unspecified atom stereocenters. The third kappa shape index (κ3) is 2.18. The highest BCUT2D eigenvalue weighted by molar-refractivity contribution is 7.10. The second-order valence-electron chi connectivity index (χ2n) is 6.32. The number of rotatable bonds is 2. The molecule has 1 saturated carbocycles. The third-order valence-corrected chi connectivity index (χ3v) is 6.27. The SMILES string of the molecule is CC[NH+]1CC=C2C(C#N)C(=N)C(C#N)(C#N)[C@@H](c3cccs3)[C@H]2C1. The van der Waals surface area contributed by atoms with Gasteiger partial charge in [0.1, 0.15) is 5.92 Å². The minimum Gasteiger partial charge on any atom is -0.331 e. The van der Waals surface area contributed by atoms with Crippen LogP contribution < -0.4 is 4.90 Å². The van der Waals surface area contributed by atoms with Gasteiger partial charge in [-0.1, -0.05) is 6.07 Å². The summed E-state index contributed by atoms with van der Waals surface area (Å²) in [5.74, 6) is -1.19. The van der Waals surface area contributed by atoms with Crippen molar-refractivity contribution in [3.63, 3.8) is 0 Å². The van der Waals surface area contributed by atoms with E-state index < -0.39 is 11.3 Å². The molecule has 0 bridgehead atoms. The van der Waals surface area contributed by atoms with E-state index >= 15 is 0 Å². The lowest BCUT2D eigenvalue weighted by Gasteiger charge is -2.45. The first kappa shape index (κ1) is 16.4. The Morgan fingerprint density at radius 3 is 2.67 bits per heavy atom. The Bertz CT molecular complexity index is 788. The highest BCUT2D eigenvalue weighted by Crippen LogP contribution is 2.53. The third-order valence-electron chi connectivity index (χ3n) is 5.31. The average Bonchev–Trinajstić information content (AvgIpc) is 3.14. The van der Waals surface area contributed by atoms with Crippen molar-refractivity contribution in [1.29, 1.82) is 21.2 Å². The Labute approximate surface area is 145 Å². The van der Waals surface area contributed by atoms with Gasteiger partial charge in [0, 0.05) is 16.7 Å². The minimum absolute atomic E-state index is 0.0506. The molecule has 5 nitrogen and oxygen atoms in total. The zero-order valence-corrected chi connectivity index (χ0v) is 14.2. The second kappa shape index (κ2) is 6.21. The molecule has 1 fully saturated rings. The first-order valence-corrected chi connectivity index (χ1v) is 8.88. The van der Waals surface area contributed by atoms with Crippen molar-refractivity contribution in [2.45, 2.75) is 12.8 Å². The molecule has 1 aromatic rings. The van der Waals surface area contributed by atoms with Gasteiger partial charge in [-0.3, -0.25) is 0 Å². The quantitative estimate of drug-likeness (QED) is 0.800. The Morgan fingerprint density at radius 1 is 1.38 bits per heavy atom. The van der Waals surface area contributed by atoms with E-state index in [1.807, 2.05) is 17.5 Å². The molecular formula is C18H18N5S+. The average molecular weight is 336 g/mol. The van der Waals surface area contributed by atoms with E-state index in [2.05, 4.69) is 31.2 Å². The fourth-order valence-corrected chi connectivity index (χ4v) is 4.98. The van der Waals surface area contributed by atoms with E-state index in [-0.39, 0.29) is 17.5 Å². The van der Waals surface area contributed by atoms with E-state index in [9.17, 15) is 15.8 Å². The molecule has 1 aromatic heterocycles. The van der Waals surface area contributed by atoms with Crippen LogP contribution in [0.5, 0.6) is 0 Å². The van der Waals surface area contributed by atoms with Crippen LogP contribution in [0.1, 0.15) is 17.7 Å². The predicted molar refractivity (Wildman–Crippen MR) is 90.4 cm³/mol. The van der Waals surface area contributed by atoms with Gasteiger partial charge in [-0.15, -0.1) is 11.3 Å². The van der Waals surface area contributed by atoms with Gasteiger partial charge in [-0.05, 0) is 30.0 Å². The van der Waals surface area contributed by atoms with E-state index in [1.165, 1.54) is 16.2 Å². The zero-order valence-electron chi connectivity index (χ0n) is 13.4. The number of fused-ring (bicyclic) bond motifs is 1. The van der Waals surface area contributed by atoms with Crippen LogP contribution in [0.3, 0.4) is 0 Å². The molecule has 2 heterocycles. The number of thiophene rings is 1. The van der Waals surface area contributed by atoms with Crippen LogP contribution in [0.15, 0.2) is 29.2 Å². The topological polar surface area (TPSA) is 99.7 Å². The first-order valence-electron chi connectivity index (χ1n) is 8.00. The van der Waals surface area contributed by atoms with Crippen LogP contribution in [0.4, 0.5) is 0 Å². The number of nitriles is 3. The smallest absolute Gasteiger partial charge is 0.190 e. The molecule has 0 spiro atoms. The van der Waals surface area contributed by atoms with Gasteiger partial charge < -0.3 is 10.3 Å². The molecule has 2 N–H and O–H groups in total. The number of nitrogens with one attached hydrogen (secondary N) is 2. The molecule has 1 aliphatic carbocycles. The summed E-state index contributed by atoms with van der Waals surface area (Å²) in [6.07, 6.45) is 2.06. The number of nitrogens with zero attached hydrogens (tertiary/aromatic N) is 3. The standard InChI is InChI=1S/C18H17N5S/c1-2-23-6-5-12-13(8-19)17(22)18(10-20,11-21)16(14(12)9-23)15-4-3-7-24-15/h3-5,7,13-14,16,22H,2,6,9H2,1H3/p+1/t13?,14-,16+/m0/s1. The maximum absolute atomic E-state index is 9.86. The summed E-state index contributed by atoms with van der Waals surface area (Å²) in [6.45, 7) is 4.69. The molecule has 0 radical (unpaired) electrons. The monoisotopic (exact) mass is 336 g/mol. The number of hydrogen-bond donors (Lipinski definition) is 2. The molecule has 1 aliphatic heterocycles. The molecule has 0 amide bonds. The van der Waals surface area contributed by atoms with Crippen LogP contribution in [0.25, 0.3) is 0 Å². The Balaban J connectivity index is 2.23. The highest BCUT2D eigenvalue weighted by atomic mass is 32.1. The largest absolute Gasteiger partial charge is 0.331 e. The molecule has 24 heavy (non-hydrogen) atoms. The van der Waals surface area contributed by atoms with Gasteiger partial charge in [0.05, 0.1) is 43.6 Å². The van der Waals surface area contributed by atoms with E-state index in [4.69, 9.17) is 5.41 Å². The van der Waals surface area contributed by atoms with Crippen molar-refractivity contribution >= 4 is 17.0 Å². The number of hydrogen-bond acceptors (Lipinski definition) is 5. The molecule has 0 aromatic carbocycles. The van der Waals surface area contributed by atoms with Gasteiger partial charge >= 0.3 is 0 Å². The fraction of sp³-hybridized carbons (Fsp3) is 0.444. The van der Waals surface area contributed by atoms with Crippen LogP contribution >= 0.6 is 11.3 Å². The molecule has 6 heteroatoms. The van der Waals surface area contributed by atoms with Crippen molar-refractivity contribution in [3.05, 3.63) is 34.0 Å². The Morgan fingerprint density at radius 2 is 2.12 bits per heavy atom. The Kier molecular flexibility index (Phi) is 4.24. The minimum atomic E-state index is -1.57. The van der Waals surface area contributed by atoms with Crippen LogP contribution in [-0.4, -0.2) is 25.3 Å². The van der Waals surface area contributed by atoms with Crippen LogP contribution in [0, 0.1) is 56.7 Å². The lowest BCUT2D eigenvalue weighted by molar-refractivity contribution is -0.897. The second-order valence-corrected chi connectivity index (χ2v) is 7.30. The van der Waals surface area contributed by atoms with Crippen LogP contribution in [-0.2, 0) is 0 Å². The molecule has 120 valence electrons. The first-order chi connectivity index (χ1) is 11.6. The maximum Gasteiger partial charge on any atom is 0.190 e. The molecular weight excluding hydrogens is 318 g/mol. The van der Waals surface area contributed by atoms with Crippen LogP contribution in [0.2, 0.25) is 0 Å². The van der Waals surface area contributed by atoms with E-state index in [0.29, 0.717) is 0 Å². The van der Waals surface area contributed by atoms with Gasteiger partial charge in [0.25, 0.3) is 0 Å². The Hall–Kier alpha value is -2.46. The fourth-order valence-electron chi connectivity index (χ4n) is 4.02. The summed E-state index contributed by atoms with van der Waals surface area (Å²) in [5, 5.41) is 39.8. The summed E-state index contributed by atoms with van der Waals surface area (Å²) in [7, 11) is 0. The lowest BCUT2D eigenvalue weighted by Crippen LogP contribution is -3.13. The van der Waals surface area contributed by atoms with E-state index in [0.717, 1.165) is 30.1 Å². The number of quaternary nitrogens is 1. The molecule has 2 aliphatic rings. The summed E-state index contributed by atoms with van der Waals surface area (Å²) in [5.41, 5.74) is -0.696. The summed E-state index contributed by atoms with van der Waals surface area (Å²) >= 11 is 1.52. The summed E-state index contributed by atoms with van der Waals surface area (Å²) in [4.78, 5) is 2.33. The van der Waals surface area contributed by atoms with Gasteiger partial charge in [0.2, 0.25) is 0 Å². The summed E-state index contributed by atoms with van der Waals surface area (Å²) < 4.78 is 0. The molecule has 3 rings (SSSR count). The van der Waals surface area contributed by atoms with Crippen molar-refractivity contribution in [2.75, 3.05) is 19.6 Å². The highest BCUT2D eigenvalue weighted by Gasteiger charge is 2.58. The van der Waals surface area contributed by atoms with Crippen molar-refractivity contribution in [3.8, 4) is 18.2 Å². The lowest BCUT2D eigenvalue weighted by atomic mass is 9.55. The maximum atomic E-state index is 9.86. The summed E-state index contributed by atoms with van der Waals surface area (Å²) in [6, 6.07) is 10.3. The normalized spacial score (nSPS) is 31.1. The van der Waals surface area contributed by atoms with E-state index in [1.54, 1.807) is 0 Å². The van der Waals surface area contributed by atoms with Gasteiger partial charge in [0.15, 0.2) is 5.41 Å². The van der Waals surface area contributed by atoms with Crippen molar-refractivity contribution in [1.82, 2.24) is 0 Å². The van der Waals surface area contributed by atoms with Gasteiger partial charge in [-0.2, -0.15) is 15.8 Å². The zero-order chi connectivity index (χ0) is 17.3. The molecule has 0 saturated heterocycles. The van der Waals surface area contributed by atoms with Crippen molar-refractivity contribution in [2.24, 2.45) is 17.3 Å².